The Bertz CT molecular complexity index is 710. The third-order valence-corrected chi connectivity index (χ3v) is 4.62. The van der Waals surface area contributed by atoms with Gasteiger partial charge in [-0.3, -0.25) is 9.59 Å². The van der Waals surface area contributed by atoms with Gasteiger partial charge in [-0.2, -0.15) is 0 Å². The fraction of sp³-hybridized carbons (Fsp3) is 0.429. The molecule has 0 spiro atoms. The third-order valence-electron chi connectivity index (χ3n) is 3.79. The molecule has 3 rings (SSSR count). The molecule has 2 aromatic rings. The summed E-state index contributed by atoms with van der Waals surface area (Å²) in [4.78, 5) is 36.7. The van der Waals surface area contributed by atoms with Crippen molar-refractivity contribution in [2.45, 2.75) is 0 Å². The number of hydrogen-bond donors (Lipinski definition) is 2. The van der Waals surface area contributed by atoms with E-state index in [0.717, 1.165) is 16.0 Å². The van der Waals surface area contributed by atoms with Gasteiger partial charge in [-0.15, -0.1) is 11.3 Å². The molecule has 0 bridgehead atoms. The molecule has 1 saturated heterocycles. The minimum absolute atomic E-state index is 0.00167. The summed E-state index contributed by atoms with van der Waals surface area (Å²) < 4.78 is 0. The van der Waals surface area contributed by atoms with Crippen molar-refractivity contribution in [2.75, 3.05) is 44.2 Å². The van der Waals surface area contributed by atoms with Gasteiger partial charge in [0.1, 0.15) is 17.0 Å². The van der Waals surface area contributed by atoms with E-state index in [0.29, 0.717) is 26.2 Å². The Labute approximate surface area is 137 Å². The smallest absolute Gasteiger partial charge is 0.242 e. The van der Waals surface area contributed by atoms with E-state index in [4.69, 9.17) is 5.73 Å². The van der Waals surface area contributed by atoms with Gasteiger partial charge < -0.3 is 20.9 Å². The van der Waals surface area contributed by atoms with Crippen molar-refractivity contribution in [1.82, 2.24) is 20.2 Å². The number of rotatable bonds is 4. The van der Waals surface area contributed by atoms with Crippen molar-refractivity contribution in [2.24, 2.45) is 5.73 Å². The van der Waals surface area contributed by atoms with Crippen LogP contribution < -0.4 is 16.0 Å². The highest BCUT2D eigenvalue weighted by Crippen LogP contribution is 2.27. The quantitative estimate of drug-likeness (QED) is 0.775. The molecule has 0 saturated carbocycles. The van der Waals surface area contributed by atoms with E-state index in [-0.39, 0.29) is 24.9 Å². The van der Waals surface area contributed by atoms with Crippen LogP contribution in [0.4, 0.5) is 5.82 Å². The standard InChI is InChI=1S/C14H18N6O2S/c15-7-11(21)16-8-12(22)19-2-4-20(5-3-19)13-10-1-6-23-14(10)18-9-17-13/h1,6,9H,2-5,7-8,15H2,(H,16,21). The first-order chi connectivity index (χ1) is 11.2. The minimum atomic E-state index is -0.321. The average Bonchev–Trinajstić information content (AvgIpc) is 3.08. The second-order valence-corrected chi connectivity index (χ2v) is 6.08. The van der Waals surface area contributed by atoms with Gasteiger partial charge in [-0.25, -0.2) is 9.97 Å². The summed E-state index contributed by atoms with van der Waals surface area (Å²) in [5.41, 5.74) is 5.20. The molecular formula is C14H18N6O2S. The van der Waals surface area contributed by atoms with Crippen molar-refractivity contribution in [1.29, 1.82) is 0 Å². The Kier molecular flexibility index (Phi) is 4.68. The highest BCUT2D eigenvalue weighted by atomic mass is 32.1. The van der Waals surface area contributed by atoms with Crippen LogP contribution in [0.2, 0.25) is 0 Å². The lowest BCUT2D eigenvalue weighted by Crippen LogP contribution is -2.51. The van der Waals surface area contributed by atoms with Crippen molar-refractivity contribution in [3.05, 3.63) is 17.8 Å². The fourth-order valence-electron chi connectivity index (χ4n) is 2.55. The molecule has 122 valence electrons. The monoisotopic (exact) mass is 334 g/mol. The molecule has 0 aliphatic carbocycles. The molecule has 8 nitrogen and oxygen atoms in total. The van der Waals surface area contributed by atoms with Crippen LogP contribution in [-0.2, 0) is 9.59 Å². The van der Waals surface area contributed by atoms with Crippen molar-refractivity contribution < 1.29 is 9.59 Å². The van der Waals surface area contributed by atoms with Crippen LogP contribution in [0.25, 0.3) is 10.2 Å². The summed E-state index contributed by atoms with van der Waals surface area (Å²) in [7, 11) is 0. The van der Waals surface area contributed by atoms with Crippen LogP contribution in [-0.4, -0.2) is 66.0 Å². The number of thiophene rings is 1. The third kappa shape index (κ3) is 3.40. The van der Waals surface area contributed by atoms with E-state index >= 15 is 0 Å². The van der Waals surface area contributed by atoms with Crippen molar-refractivity contribution >= 4 is 39.2 Å². The van der Waals surface area contributed by atoms with Gasteiger partial charge in [0.2, 0.25) is 11.8 Å². The number of amides is 2. The lowest BCUT2D eigenvalue weighted by molar-refractivity contribution is -0.132. The van der Waals surface area contributed by atoms with Crippen LogP contribution in [0.3, 0.4) is 0 Å². The molecule has 0 radical (unpaired) electrons. The second-order valence-electron chi connectivity index (χ2n) is 5.19. The summed E-state index contributed by atoms with van der Waals surface area (Å²) >= 11 is 1.59. The van der Waals surface area contributed by atoms with Crippen LogP contribution in [0.5, 0.6) is 0 Å². The summed E-state index contributed by atoms with van der Waals surface area (Å²) in [6, 6.07) is 2.02. The predicted octanol–water partition coefficient (Wildman–Crippen LogP) is -0.585. The zero-order chi connectivity index (χ0) is 16.2. The van der Waals surface area contributed by atoms with Crippen LogP contribution in [0.1, 0.15) is 0 Å². The first kappa shape index (κ1) is 15.6. The van der Waals surface area contributed by atoms with Crippen molar-refractivity contribution in [3.8, 4) is 0 Å². The SMILES string of the molecule is NCC(=O)NCC(=O)N1CCN(c2ncnc3sccc23)CC1. The molecule has 2 aromatic heterocycles. The van der Waals surface area contributed by atoms with Gasteiger partial charge >= 0.3 is 0 Å². The Hall–Kier alpha value is -2.26. The lowest BCUT2D eigenvalue weighted by atomic mass is 10.2. The molecule has 3 N–H and O–H groups in total. The predicted molar refractivity (Wildman–Crippen MR) is 88.3 cm³/mol. The number of aromatic nitrogens is 2. The molecule has 1 fully saturated rings. The van der Waals surface area contributed by atoms with E-state index in [1.165, 1.54) is 0 Å². The molecule has 2 amide bonds. The van der Waals surface area contributed by atoms with E-state index in [9.17, 15) is 9.59 Å². The molecule has 1 aliphatic rings. The fourth-order valence-corrected chi connectivity index (χ4v) is 3.28. The molecule has 0 aromatic carbocycles. The van der Waals surface area contributed by atoms with Gasteiger partial charge in [0.15, 0.2) is 0 Å². The maximum Gasteiger partial charge on any atom is 0.242 e. The first-order valence-electron chi connectivity index (χ1n) is 7.36. The number of piperazine rings is 1. The Morgan fingerprint density at radius 2 is 2.04 bits per heavy atom. The zero-order valence-electron chi connectivity index (χ0n) is 12.6. The van der Waals surface area contributed by atoms with E-state index < -0.39 is 0 Å². The van der Waals surface area contributed by atoms with Crippen molar-refractivity contribution in [3.63, 3.8) is 0 Å². The Morgan fingerprint density at radius 1 is 1.26 bits per heavy atom. The highest BCUT2D eigenvalue weighted by Gasteiger charge is 2.23. The molecule has 0 unspecified atom stereocenters. The highest BCUT2D eigenvalue weighted by molar-refractivity contribution is 7.16. The van der Waals surface area contributed by atoms with Gasteiger partial charge in [-0.1, -0.05) is 0 Å². The van der Waals surface area contributed by atoms with Crippen LogP contribution in [0, 0.1) is 0 Å². The zero-order valence-corrected chi connectivity index (χ0v) is 13.4. The first-order valence-corrected chi connectivity index (χ1v) is 8.24. The van der Waals surface area contributed by atoms with Gasteiger partial charge in [0.05, 0.1) is 18.5 Å². The summed E-state index contributed by atoms with van der Waals surface area (Å²) in [6.45, 7) is 2.51. The van der Waals surface area contributed by atoms with E-state index in [2.05, 4.69) is 20.2 Å². The topological polar surface area (TPSA) is 104 Å². The summed E-state index contributed by atoms with van der Waals surface area (Å²) in [5, 5.41) is 5.56. The normalized spacial score (nSPS) is 15.0. The number of fused-ring (bicyclic) bond motifs is 1. The van der Waals surface area contributed by atoms with Crippen LogP contribution >= 0.6 is 11.3 Å². The van der Waals surface area contributed by atoms with Gasteiger partial charge in [-0.05, 0) is 11.4 Å². The van der Waals surface area contributed by atoms with E-state index in [1.54, 1.807) is 22.6 Å². The maximum atomic E-state index is 12.1. The summed E-state index contributed by atoms with van der Waals surface area (Å²) in [6.07, 6.45) is 1.58. The number of nitrogens with zero attached hydrogens (tertiary/aromatic N) is 4. The largest absolute Gasteiger partial charge is 0.352 e. The second kappa shape index (κ2) is 6.88. The van der Waals surface area contributed by atoms with Gasteiger partial charge in [0.25, 0.3) is 0 Å². The number of nitrogens with two attached hydrogens (primary N) is 1. The number of anilines is 1. The number of carbonyl (C=O) groups excluding carboxylic acids is 2. The lowest BCUT2D eigenvalue weighted by Gasteiger charge is -2.35. The maximum absolute atomic E-state index is 12.1. The van der Waals surface area contributed by atoms with Gasteiger partial charge in [0, 0.05) is 26.2 Å². The molecular weight excluding hydrogens is 316 g/mol. The van der Waals surface area contributed by atoms with E-state index in [1.807, 2.05) is 11.4 Å². The number of carbonyl (C=O) groups is 2. The number of hydrogen-bond acceptors (Lipinski definition) is 7. The molecule has 1 aliphatic heterocycles. The molecule has 0 atom stereocenters. The molecule has 3 heterocycles. The molecule has 9 heteroatoms. The minimum Gasteiger partial charge on any atom is -0.352 e. The summed E-state index contributed by atoms with van der Waals surface area (Å²) in [5.74, 6) is 0.507. The average molecular weight is 334 g/mol. The van der Waals surface area contributed by atoms with Crippen LogP contribution in [0.15, 0.2) is 17.8 Å². The Morgan fingerprint density at radius 3 is 2.78 bits per heavy atom. The molecule has 23 heavy (non-hydrogen) atoms. The Balaban J connectivity index is 1.59. The number of nitrogens with one attached hydrogen (secondary N) is 1.